The molecule has 1 fully saturated rings. The van der Waals surface area contributed by atoms with Crippen LogP contribution in [0.2, 0.25) is 0 Å². The SMILES string of the molecule is CCOc1cc(C=C2C(=O)N(c3ccccc3C)C(=O)N(c3ccccc3C)C2=O)cc(Br)c1O. The molecule has 0 spiro atoms. The molecular formula is C27H23BrN2O5. The van der Waals surface area contributed by atoms with Crippen molar-refractivity contribution in [2.45, 2.75) is 20.8 Å². The van der Waals surface area contributed by atoms with Gasteiger partial charge in [0.25, 0.3) is 11.8 Å². The second kappa shape index (κ2) is 9.76. The van der Waals surface area contributed by atoms with E-state index in [2.05, 4.69) is 15.9 Å². The summed E-state index contributed by atoms with van der Waals surface area (Å²) < 4.78 is 5.82. The molecule has 1 N–H and O–H groups in total. The van der Waals surface area contributed by atoms with Crippen LogP contribution in [0.25, 0.3) is 6.08 Å². The number of nitrogens with zero attached hydrogens (tertiary/aromatic N) is 2. The molecule has 0 atom stereocenters. The molecule has 0 radical (unpaired) electrons. The number of carbonyl (C=O) groups is 3. The Kier molecular flexibility index (Phi) is 6.75. The van der Waals surface area contributed by atoms with Crippen molar-refractivity contribution in [3.05, 3.63) is 87.4 Å². The van der Waals surface area contributed by atoms with Gasteiger partial charge < -0.3 is 9.84 Å². The molecule has 0 saturated carbocycles. The Labute approximate surface area is 211 Å². The summed E-state index contributed by atoms with van der Waals surface area (Å²) >= 11 is 3.28. The number of phenolic OH excluding ortho intramolecular Hbond substituents is 1. The first kappa shape index (κ1) is 24.2. The van der Waals surface area contributed by atoms with E-state index in [9.17, 15) is 19.5 Å². The number of aryl methyl sites for hydroxylation is 2. The van der Waals surface area contributed by atoms with Gasteiger partial charge in [-0.3, -0.25) is 9.59 Å². The average molecular weight is 535 g/mol. The van der Waals surface area contributed by atoms with Crippen LogP contribution >= 0.6 is 15.9 Å². The molecule has 35 heavy (non-hydrogen) atoms. The number of hydrogen-bond acceptors (Lipinski definition) is 5. The number of hydrogen-bond donors (Lipinski definition) is 1. The van der Waals surface area contributed by atoms with E-state index in [-0.39, 0.29) is 17.1 Å². The Hall–Kier alpha value is -3.91. The minimum atomic E-state index is -0.748. The number of halogens is 1. The minimum Gasteiger partial charge on any atom is -0.503 e. The maximum absolute atomic E-state index is 13.6. The minimum absolute atomic E-state index is 0.0893. The van der Waals surface area contributed by atoms with Gasteiger partial charge in [0.2, 0.25) is 0 Å². The maximum atomic E-state index is 13.6. The maximum Gasteiger partial charge on any atom is 0.343 e. The van der Waals surface area contributed by atoms with Gasteiger partial charge in [0.15, 0.2) is 11.5 Å². The number of phenols is 1. The first-order chi connectivity index (χ1) is 16.7. The van der Waals surface area contributed by atoms with Crippen molar-refractivity contribution in [1.82, 2.24) is 0 Å². The number of imide groups is 2. The van der Waals surface area contributed by atoms with Crippen LogP contribution in [-0.2, 0) is 9.59 Å². The van der Waals surface area contributed by atoms with Crippen LogP contribution in [0.5, 0.6) is 11.5 Å². The summed E-state index contributed by atoms with van der Waals surface area (Å²) in [6.07, 6.45) is 1.40. The third kappa shape index (κ3) is 4.44. The summed E-state index contributed by atoms with van der Waals surface area (Å²) in [6.45, 7) is 5.67. The summed E-state index contributed by atoms with van der Waals surface area (Å²) in [5.41, 5.74) is 2.44. The lowest BCUT2D eigenvalue weighted by atomic mass is 10.0. The van der Waals surface area contributed by atoms with Crippen molar-refractivity contribution in [1.29, 1.82) is 0 Å². The van der Waals surface area contributed by atoms with E-state index >= 15 is 0 Å². The number of para-hydroxylation sites is 2. The molecule has 7 nitrogen and oxygen atoms in total. The number of aromatic hydroxyl groups is 1. The summed E-state index contributed by atoms with van der Waals surface area (Å²) in [6, 6.07) is 16.3. The lowest BCUT2D eigenvalue weighted by Crippen LogP contribution is -2.57. The number of amides is 4. The van der Waals surface area contributed by atoms with Crippen LogP contribution in [0.1, 0.15) is 23.6 Å². The number of anilines is 2. The monoisotopic (exact) mass is 534 g/mol. The number of carbonyl (C=O) groups excluding carboxylic acids is 3. The van der Waals surface area contributed by atoms with Crippen molar-refractivity contribution >= 4 is 51.2 Å². The molecule has 3 aromatic carbocycles. The Morgan fingerprint density at radius 3 is 1.89 bits per heavy atom. The molecule has 178 valence electrons. The summed E-state index contributed by atoms with van der Waals surface area (Å²) in [7, 11) is 0. The fraction of sp³-hybridized carbons (Fsp3) is 0.148. The van der Waals surface area contributed by atoms with Gasteiger partial charge in [-0.05, 0) is 83.7 Å². The summed E-state index contributed by atoms with van der Waals surface area (Å²) in [5, 5.41) is 10.3. The fourth-order valence-corrected chi connectivity index (χ4v) is 4.35. The van der Waals surface area contributed by atoms with Crippen molar-refractivity contribution in [2.24, 2.45) is 0 Å². The van der Waals surface area contributed by atoms with E-state index in [1.807, 2.05) is 12.1 Å². The second-order valence-corrected chi connectivity index (χ2v) is 8.83. The van der Waals surface area contributed by atoms with Gasteiger partial charge in [-0.2, -0.15) is 0 Å². The van der Waals surface area contributed by atoms with E-state index in [1.54, 1.807) is 63.2 Å². The first-order valence-corrected chi connectivity index (χ1v) is 11.7. The molecule has 4 rings (SSSR count). The molecular weight excluding hydrogens is 512 g/mol. The molecule has 1 heterocycles. The number of ether oxygens (including phenoxy) is 1. The molecule has 1 aliphatic heterocycles. The Morgan fingerprint density at radius 2 is 1.40 bits per heavy atom. The molecule has 3 aromatic rings. The molecule has 8 heteroatoms. The lowest BCUT2D eigenvalue weighted by Gasteiger charge is -2.35. The van der Waals surface area contributed by atoms with Crippen LogP contribution < -0.4 is 14.5 Å². The molecule has 1 saturated heterocycles. The highest BCUT2D eigenvalue weighted by Gasteiger charge is 2.44. The average Bonchev–Trinajstić information content (AvgIpc) is 2.82. The molecule has 0 bridgehead atoms. The number of barbiturate groups is 1. The van der Waals surface area contributed by atoms with E-state index in [0.29, 0.717) is 39.1 Å². The van der Waals surface area contributed by atoms with Crippen molar-refractivity contribution in [3.8, 4) is 11.5 Å². The topological polar surface area (TPSA) is 87.2 Å². The van der Waals surface area contributed by atoms with E-state index in [1.165, 1.54) is 12.1 Å². The number of benzene rings is 3. The first-order valence-electron chi connectivity index (χ1n) is 11.0. The van der Waals surface area contributed by atoms with Crippen LogP contribution in [0.15, 0.2) is 70.7 Å². The fourth-order valence-electron chi connectivity index (χ4n) is 3.89. The van der Waals surface area contributed by atoms with Crippen molar-refractivity contribution < 1.29 is 24.2 Å². The molecule has 0 aliphatic carbocycles. The zero-order valence-corrected chi connectivity index (χ0v) is 21.0. The molecule has 4 amide bonds. The molecule has 1 aliphatic rings. The van der Waals surface area contributed by atoms with Gasteiger partial charge in [0.1, 0.15) is 5.57 Å². The highest BCUT2D eigenvalue weighted by atomic mass is 79.9. The number of urea groups is 1. The van der Waals surface area contributed by atoms with Crippen LogP contribution in [0.4, 0.5) is 16.2 Å². The van der Waals surface area contributed by atoms with Gasteiger partial charge in [-0.25, -0.2) is 14.6 Å². The summed E-state index contributed by atoms with van der Waals surface area (Å²) in [4.78, 5) is 42.9. The zero-order chi connectivity index (χ0) is 25.3. The van der Waals surface area contributed by atoms with Gasteiger partial charge in [-0.15, -0.1) is 0 Å². The zero-order valence-electron chi connectivity index (χ0n) is 19.4. The van der Waals surface area contributed by atoms with Gasteiger partial charge in [0.05, 0.1) is 22.5 Å². The highest BCUT2D eigenvalue weighted by molar-refractivity contribution is 9.10. The molecule has 0 unspecified atom stereocenters. The third-order valence-electron chi connectivity index (χ3n) is 5.62. The highest BCUT2D eigenvalue weighted by Crippen LogP contribution is 2.37. The lowest BCUT2D eigenvalue weighted by molar-refractivity contribution is -0.121. The van der Waals surface area contributed by atoms with Crippen LogP contribution in [-0.4, -0.2) is 29.6 Å². The van der Waals surface area contributed by atoms with Gasteiger partial charge >= 0.3 is 6.03 Å². The van der Waals surface area contributed by atoms with Crippen molar-refractivity contribution in [3.63, 3.8) is 0 Å². The number of rotatable bonds is 5. The van der Waals surface area contributed by atoms with Crippen LogP contribution in [0, 0.1) is 13.8 Å². The second-order valence-electron chi connectivity index (χ2n) is 7.98. The quantitative estimate of drug-likeness (QED) is 0.332. The largest absolute Gasteiger partial charge is 0.503 e. The smallest absolute Gasteiger partial charge is 0.343 e. The standard InChI is InChI=1S/C27H23BrN2O5/c1-4-35-23-15-18(14-20(28)24(23)31)13-19-25(32)29(21-11-7-5-9-16(21)2)27(34)30(26(19)33)22-12-8-6-10-17(22)3/h5-15,31H,4H2,1-3H3. The third-order valence-corrected chi connectivity index (χ3v) is 6.23. The predicted octanol–water partition coefficient (Wildman–Crippen LogP) is 5.75. The van der Waals surface area contributed by atoms with E-state index in [4.69, 9.17) is 4.74 Å². The predicted molar refractivity (Wildman–Crippen MR) is 138 cm³/mol. The van der Waals surface area contributed by atoms with E-state index in [0.717, 1.165) is 9.80 Å². The van der Waals surface area contributed by atoms with Crippen molar-refractivity contribution in [2.75, 3.05) is 16.4 Å². The van der Waals surface area contributed by atoms with Gasteiger partial charge in [0, 0.05) is 0 Å². The van der Waals surface area contributed by atoms with Crippen LogP contribution in [0.3, 0.4) is 0 Å². The van der Waals surface area contributed by atoms with E-state index < -0.39 is 17.8 Å². The normalized spacial score (nSPS) is 13.9. The summed E-state index contributed by atoms with van der Waals surface area (Å²) in [5.74, 6) is -1.36. The van der Waals surface area contributed by atoms with Gasteiger partial charge in [-0.1, -0.05) is 36.4 Å². The Balaban J connectivity index is 1.92. The Bertz CT molecular complexity index is 1310. The molecule has 0 aromatic heterocycles. The Morgan fingerprint density at radius 1 is 0.886 bits per heavy atom.